The third kappa shape index (κ3) is 4.76. The number of likely N-dealkylation sites (tertiary alicyclic amines) is 1. The van der Waals surface area contributed by atoms with Crippen LogP contribution in [0.1, 0.15) is 55.2 Å². The predicted molar refractivity (Wildman–Crippen MR) is 138 cm³/mol. The summed E-state index contributed by atoms with van der Waals surface area (Å²) in [6, 6.07) is 4.07. The van der Waals surface area contributed by atoms with Crippen LogP contribution >= 0.6 is 0 Å². The summed E-state index contributed by atoms with van der Waals surface area (Å²) < 4.78 is 137. The van der Waals surface area contributed by atoms with Gasteiger partial charge in [0.25, 0.3) is 0 Å². The van der Waals surface area contributed by atoms with Crippen molar-refractivity contribution in [2.75, 3.05) is 6.54 Å². The number of hydrogen-bond donors (Lipinski definition) is 1. The maximum Gasteiger partial charge on any atom is 0.435 e. The molecule has 0 bridgehead atoms. The highest BCUT2D eigenvalue weighted by molar-refractivity contribution is 7.92. The molecule has 0 spiro atoms. The van der Waals surface area contributed by atoms with E-state index in [2.05, 4.69) is 0 Å². The Hall–Kier alpha value is -3.23. The fraction of sp³-hybridized carbons (Fsp3) is 0.517. The number of carboxylic acid groups (broad SMARTS) is 1. The van der Waals surface area contributed by atoms with E-state index in [4.69, 9.17) is 0 Å². The number of aryl methyl sites for hydroxylation is 1. The number of aliphatic carboxylic acids is 1. The lowest BCUT2D eigenvalue weighted by Gasteiger charge is -2.44. The van der Waals surface area contributed by atoms with E-state index in [9.17, 15) is 58.2 Å². The van der Waals surface area contributed by atoms with Crippen LogP contribution in [0.15, 0.2) is 47.4 Å². The summed E-state index contributed by atoms with van der Waals surface area (Å²) in [4.78, 5) is 26.1. The number of nitrogens with zero attached hydrogens (tertiary/aromatic N) is 1. The maximum absolute atomic E-state index is 15.0. The first-order valence-electron chi connectivity index (χ1n) is 13.9. The lowest BCUT2D eigenvalue weighted by atomic mass is 9.76. The molecular formula is C29H27F8NO5S. The molecule has 1 saturated heterocycles. The Kier molecular flexibility index (Phi) is 7.82. The fourth-order valence-electron chi connectivity index (χ4n) is 7.14. The number of amides is 1. The molecule has 1 N–H and O–H groups in total. The third-order valence-electron chi connectivity index (χ3n) is 9.38. The monoisotopic (exact) mass is 653 g/mol. The minimum Gasteiger partial charge on any atom is -0.481 e. The molecule has 44 heavy (non-hydrogen) atoms. The molecule has 0 aromatic heterocycles. The van der Waals surface area contributed by atoms with Gasteiger partial charge in [0.05, 0.1) is 16.9 Å². The van der Waals surface area contributed by atoms with Crippen molar-refractivity contribution in [2.45, 2.75) is 78.7 Å². The zero-order chi connectivity index (χ0) is 32.5. The van der Waals surface area contributed by atoms with Crippen LogP contribution < -0.4 is 0 Å². The molecule has 6 nitrogen and oxygen atoms in total. The van der Waals surface area contributed by atoms with Gasteiger partial charge in [-0.1, -0.05) is 18.2 Å². The average molecular weight is 654 g/mol. The molecule has 1 saturated carbocycles. The van der Waals surface area contributed by atoms with Gasteiger partial charge in [0.15, 0.2) is 9.84 Å². The van der Waals surface area contributed by atoms with Crippen LogP contribution in [-0.2, 0) is 36.3 Å². The maximum atomic E-state index is 15.0. The van der Waals surface area contributed by atoms with E-state index in [1.807, 2.05) is 0 Å². The molecule has 0 radical (unpaired) electrons. The quantitative estimate of drug-likeness (QED) is 0.306. The summed E-state index contributed by atoms with van der Waals surface area (Å²) in [5, 5.41) is 9.30. The molecule has 5 rings (SSSR count). The zero-order valence-electron chi connectivity index (χ0n) is 22.9. The van der Waals surface area contributed by atoms with Gasteiger partial charge >= 0.3 is 24.0 Å². The molecule has 2 aromatic rings. The topological polar surface area (TPSA) is 91.8 Å². The van der Waals surface area contributed by atoms with Crippen LogP contribution in [0.4, 0.5) is 35.1 Å². The normalized spacial score (nSPS) is 26.2. The van der Waals surface area contributed by atoms with Crippen molar-refractivity contribution < 1.29 is 58.2 Å². The van der Waals surface area contributed by atoms with Crippen LogP contribution in [0, 0.1) is 17.7 Å². The van der Waals surface area contributed by atoms with Crippen LogP contribution in [0.2, 0.25) is 0 Å². The summed E-state index contributed by atoms with van der Waals surface area (Å²) in [5.74, 6) is -3.40. The van der Waals surface area contributed by atoms with Gasteiger partial charge in [0, 0.05) is 18.0 Å². The number of sulfone groups is 1. The highest BCUT2D eigenvalue weighted by Gasteiger charge is 2.74. The van der Waals surface area contributed by atoms with Crippen LogP contribution in [0.5, 0.6) is 0 Å². The van der Waals surface area contributed by atoms with E-state index in [1.54, 1.807) is 0 Å². The van der Waals surface area contributed by atoms with Gasteiger partial charge < -0.3 is 10.0 Å². The van der Waals surface area contributed by atoms with Crippen molar-refractivity contribution in [3.8, 4) is 0 Å². The Morgan fingerprint density at radius 3 is 1.95 bits per heavy atom. The molecule has 2 aliphatic carbocycles. The molecular weight excluding hydrogens is 626 g/mol. The third-order valence-corrected chi connectivity index (χ3v) is 11.9. The number of rotatable bonds is 5. The number of alkyl halides is 7. The first-order chi connectivity index (χ1) is 20.4. The van der Waals surface area contributed by atoms with Crippen molar-refractivity contribution in [3.05, 3.63) is 65.0 Å². The summed E-state index contributed by atoms with van der Waals surface area (Å²) in [5.41, 5.74) is -7.86. The van der Waals surface area contributed by atoms with E-state index in [0.29, 0.717) is 6.07 Å². The Morgan fingerprint density at radius 2 is 1.41 bits per heavy atom. The highest BCUT2D eigenvalue weighted by Crippen LogP contribution is 2.57. The Morgan fingerprint density at radius 1 is 0.841 bits per heavy atom. The van der Waals surface area contributed by atoms with E-state index in [1.165, 1.54) is 4.90 Å². The summed E-state index contributed by atoms with van der Waals surface area (Å²) >= 11 is 0. The zero-order valence-corrected chi connectivity index (χ0v) is 23.7. The molecule has 1 heterocycles. The predicted octanol–water partition coefficient (Wildman–Crippen LogP) is 6.22. The average Bonchev–Trinajstić information content (AvgIpc) is 3.37. The minimum atomic E-state index is -6.37. The number of carbonyl (C=O) groups is 2. The summed E-state index contributed by atoms with van der Waals surface area (Å²) in [6.07, 6.45) is -12.5. The van der Waals surface area contributed by atoms with Gasteiger partial charge in [-0.15, -0.1) is 0 Å². The molecule has 1 aliphatic heterocycles. The molecule has 2 aromatic carbocycles. The number of fused-ring (bicyclic) bond motifs is 3. The van der Waals surface area contributed by atoms with Crippen molar-refractivity contribution in [1.29, 1.82) is 0 Å². The molecule has 240 valence electrons. The second kappa shape index (κ2) is 10.7. The van der Waals surface area contributed by atoms with Crippen molar-refractivity contribution >= 4 is 21.7 Å². The van der Waals surface area contributed by atoms with Crippen LogP contribution in [0.25, 0.3) is 0 Å². The molecule has 2 atom stereocenters. The fourth-order valence-corrected chi connectivity index (χ4v) is 9.51. The number of hydrogen-bond acceptors (Lipinski definition) is 4. The Balaban J connectivity index is 1.62. The van der Waals surface area contributed by atoms with Gasteiger partial charge in [0.1, 0.15) is 10.6 Å². The standard InChI is InChI=1S/C29H27F8NO5S/c30-20-7-9-21(10-8-20)44(42,43)26-13-14-38(24(39)16-1-3-17(4-2-16)25(40)41)23(26)12-5-18-15-19(6-11-22(18)26)27(31,28(32,33)34)29(35,36)37/h6-11,15-17,23H,1-5,12-14H2,(H,40,41)/t16?,17?,23-,26-/m1/s1. The molecule has 3 aliphatic rings. The lowest BCUT2D eigenvalue weighted by molar-refractivity contribution is -0.348. The summed E-state index contributed by atoms with van der Waals surface area (Å²) in [6.45, 7) is -0.123. The number of carbonyl (C=O) groups excluding carboxylic acids is 1. The molecule has 0 unspecified atom stereocenters. The molecule has 2 fully saturated rings. The molecule has 1 amide bonds. The van der Waals surface area contributed by atoms with Crippen molar-refractivity contribution in [1.82, 2.24) is 4.90 Å². The first-order valence-corrected chi connectivity index (χ1v) is 15.3. The largest absolute Gasteiger partial charge is 0.481 e. The summed E-state index contributed by atoms with van der Waals surface area (Å²) in [7, 11) is -4.59. The number of carboxylic acids is 1. The lowest BCUT2D eigenvalue weighted by Crippen LogP contribution is -2.53. The first kappa shape index (κ1) is 32.2. The van der Waals surface area contributed by atoms with Gasteiger partial charge in [-0.3, -0.25) is 9.59 Å². The second-order valence-electron chi connectivity index (χ2n) is 11.6. The van der Waals surface area contributed by atoms with E-state index in [0.717, 1.165) is 30.3 Å². The minimum absolute atomic E-state index is 0.123. The Labute approximate surface area is 247 Å². The van der Waals surface area contributed by atoms with Crippen LogP contribution in [0.3, 0.4) is 0 Å². The van der Waals surface area contributed by atoms with Gasteiger partial charge in [-0.05, 0) is 80.3 Å². The number of benzene rings is 2. The van der Waals surface area contributed by atoms with E-state index < -0.39 is 73.7 Å². The Bertz CT molecular complexity index is 1550. The van der Waals surface area contributed by atoms with Crippen LogP contribution in [-0.4, -0.2) is 55.2 Å². The van der Waals surface area contributed by atoms with E-state index in [-0.39, 0.29) is 73.6 Å². The van der Waals surface area contributed by atoms with Gasteiger partial charge in [-0.2, -0.15) is 26.3 Å². The smallest absolute Gasteiger partial charge is 0.435 e. The molecule has 15 heteroatoms. The second-order valence-corrected chi connectivity index (χ2v) is 13.8. The SMILES string of the molecule is O=C(O)C1CCC(C(=O)N2CC[C@@]3(S(=O)(=O)c4ccc(F)cc4)c4ccc(C(F)(C(F)(F)F)C(F)(F)F)cc4CC[C@@H]23)CC1. The van der Waals surface area contributed by atoms with Gasteiger partial charge in [0.2, 0.25) is 5.91 Å². The number of halogens is 8. The van der Waals surface area contributed by atoms with E-state index >= 15 is 0 Å². The van der Waals surface area contributed by atoms with Crippen molar-refractivity contribution in [3.63, 3.8) is 0 Å². The van der Waals surface area contributed by atoms with Crippen molar-refractivity contribution in [2.24, 2.45) is 11.8 Å². The van der Waals surface area contributed by atoms with Gasteiger partial charge in [-0.25, -0.2) is 17.2 Å². The highest BCUT2D eigenvalue weighted by atomic mass is 32.2.